The van der Waals surface area contributed by atoms with E-state index in [9.17, 15) is 8.78 Å². The second kappa shape index (κ2) is 4.12. The van der Waals surface area contributed by atoms with E-state index in [1.165, 1.54) is 0 Å². The van der Waals surface area contributed by atoms with Crippen LogP contribution in [-0.2, 0) is 0 Å². The van der Waals surface area contributed by atoms with E-state index in [0.717, 1.165) is 22.5 Å². The summed E-state index contributed by atoms with van der Waals surface area (Å²) in [4.78, 5) is 11.4. The molecule has 5 heteroatoms. The Morgan fingerprint density at radius 2 is 1.62 bits per heavy atom. The third-order valence-electron chi connectivity index (χ3n) is 4.95. The van der Waals surface area contributed by atoms with Crippen molar-refractivity contribution in [1.29, 1.82) is 0 Å². The smallest absolute Gasteiger partial charge is 0.254 e. The molecule has 2 fully saturated rings. The van der Waals surface area contributed by atoms with Gasteiger partial charge in [-0.2, -0.15) is 0 Å². The zero-order valence-corrected chi connectivity index (χ0v) is 11.9. The zero-order chi connectivity index (χ0) is 14.7. The molecule has 2 aromatic rings. The highest BCUT2D eigenvalue weighted by Gasteiger charge is 2.70. The summed E-state index contributed by atoms with van der Waals surface area (Å²) in [5.74, 6) is -1.60. The maximum absolute atomic E-state index is 13.4. The number of nitrogens with zero attached hydrogens (tertiary/aromatic N) is 3. The minimum absolute atomic E-state index is 0.0657. The van der Waals surface area contributed by atoms with Crippen LogP contribution in [0.1, 0.15) is 25.0 Å². The van der Waals surface area contributed by atoms with E-state index in [1.807, 2.05) is 31.2 Å². The predicted octanol–water partition coefficient (Wildman–Crippen LogP) is 3.56. The van der Waals surface area contributed by atoms with E-state index in [-0.39, 0.29) is 6.42 Å². The quantitative estimate of drug-likeness (QED) is 0.803. The Bertz CT molecular complexity index is 706. The van der Waals surface area contributed by atoms with Gasteiger partial charge < -0.3 is 4.90 Å². The number of halogens is 2. The number of piperidine rings is 1. The van der Waals surface area contributed by atoms with Crippen molar-refractivity contribution >= 4 is 16.9 Å². The van der Waals surface area contributed by atoms with Crippen LogP contribution in [0.3, 0.4) is 0 Å². The van der Waals surface area contributed by atoms with Gasteiger partial charge in [0.15, 0.2) is 5.82 Å². The highest BCUT2D eigenvalue weighted by Crippen LogP contribution is 2.65. The molecule has 1 aliphatic heterocycles. The number of rotatable bonds is 1. The summed E-state index contributed by atoms with van der Waals surface area (Å²) < 4.78 is 26.9. The fraction of sp³-hybridized carbons (Fsp3) is 0.500. The van der Waals surface area contributed by atoms with Crippen LogP contribution in [0.25, 0.3) is 11.0 Å². The van der Waals surface area contributed by atoms with E-state index in [0.29, 0.717) is 25.9 Å². The van der Waals surface area contributed by atoms with E-state index in [1.54, 1.807) is 0 Å². The van der Waals surface area contributed by atoms with E-state index >= 15 is 0 Å². The zero-order valence-electron chi connectivity index (χ0n) is 11.9. The van der Waals surface area contributed by atoms with Crippen LogP contribution in [0.15, 0.2) is 24.3 Å². The number of aryl methyl sites for hydroxylation is 1. The molecule has 1 saturated carbocycles. The number of aromatic nitrogens is 2. The fourth-order valence-corrected chi connectivity index (χ4v) is 3.45. The summed E-state index contributed by atoms with van der Waals surface area (Å²) in [6, 6.07) is 7.75. The molecule has 2 heterocycles. The summed E-state index contributed by atoms with van der Waals surface area (Å²) in [7, 11) is 0. The maximum atomic E-state index is 13.4. The van der Waals surface area contributed by atoms with Crippen LogP contribution in [0.5, 0.6) is 0 Å². The maximum Gasteiger partial charge on any atom is 0.254 e. The lowest BCUT2D eigenvalue weighted by atomic mass is 9.93. The van der Waals surface area contributed by atoms with Gasteiger partial charge in [0.1, 0.15) is 0 Å². The van der Waals surface area contributed by atoms with Gasteiger partial charge in [0.05, 0.1) is 16.7 Å². The number of fused-ring (bicyclic) bond motifs is 1. The van der Waals surface area contributed by atoms with Gasteiger partial charge in [0.2, 0.25) is 0 Å². The third kappa shape index (κ3) is 1.90. The van der Waals surface area contributed by atoms with Crippen molar-refractivity contribution in [2.24, 2.45) is 5.41 Å². The molecule has 1 aromatic heterocycles. The first-order valence-corrected chi connectivity index (χ1v) is 7.37. The molecular formula is C16H17F2N3. The Labute approximate surface area is 122 Å². The topological polar surface area (TPSA) is 29.0 Å². The molecule has 0 bridgehead atoms. The van der Waals surface area contributed by atoms with Crippen molar-refractivity contribution in [3.63, 3.8) is 0 Å². The van der Waals surface area contributed by atoms with E-state index in [4.69, 9.17) is 0 Å². The summed E-state index contributed by atoms with van der Waals surface area (Å²) in [5, 5.41) is 0. The number of hydrogen-bond acceptors (Lipinski definition) is 3. The van der Waals surface area contributed by atoms with Crippen LogP contribution in [-0.4, -0.2) is 29.0 Å². The molecule has 0 radical (unpaired) electrons. The Kier molecular flexibility index (Phi) is 2.53. The standard InChI is InChI=1S/C16H17F2N3/c1-11-14(20-13-5-3-2-4-12(13)19-11)21-8-6-15(7-9-21)10-16(15,17)18/h2-5H,6-10H2,1H3. The van der Waals surface area contributed by atoms with Crippen LogP contribution < -0.4 is 4.90 Å². The average Bonchev–Trinajstić information content (AvgIpc) is 2.99. The summed E-state index contributed by atoms with van der Waals surface area (Å²) in [6.45, 7) is 3.22. The lowest BCUT2D eigenvalue weighted by Crippen LogP contribution is -2.37. The first-order valence-electron chi connectivity index (χ1n) is 7.37. The second-order valence-electron chi connectivity index (χ2n) is 6.27. The molecule has 0 N–H and O–H groups in total. The van der Waals surface area contributed by atoms with Gasteiger partial charge in [-0.25, -0.2) is 18.7 Å². The second-order valence-corrected chi connectivity index (χ2v) is 6.27. The van der Waals surface area contributed by atoms with Gasteiger partial charge in [-0.3, -0.25) is 0 Å². The summed E-state index contributed by atoms with van der Waals surface area (Å²) in [5.41, 5.74) is 1.88. The van der Waals surface area contributed by atoms with Crippen molar-refractivity contribution in [3.8, 4) is 0 Å². The van der Waals surface area contributed by atoms with E-state index in [2.05, 4.69) is 14.9 Å². The number of hydrogen-bond donors (Lipinski definition) is 0. The fourth-order valence-electron chi connectivity index (χ4n) is 3.45. The Morgan fingerprint density at radius 1 is 1.05 bits per heavy atom. The van der Waals surface area contributed by atoms with Gasteiger partial charge in [0, 0.05) is 24.9 Å². The molecule has 0 unspecified atom stereocenters. The monoisotopic (exact) mass is 289 g/mol. The number of anilines is 1. The van der Waals surface area contributed by atoms with Crippen molar-refractivity contribution in [3.05, 3.63) is 30.0 Å². The van der Waals surface area contributed by atoms with E-state index < -0.39 is 11.3 Å². The van der Waals surface area contributed by atoms with Crippen LogP contribution in [0.2, 0.25) is 0 Å². The minimum Gasteiger partial charge on any atom is -0.355 e. The van der Waals surface area contributed by atoms with Crippen molar-refractivity contribution in [1.82, 2.24) is 9.97 Å². The highest BCUT2D eigenvalue weighted by molar-refractivity contribution is 5.76. The molecule has 2 aliphatic rings. The first-order chi connectivity index (χ1) is 10.0. The first kappa shape index (κ1) is 12.9. The molecule has 3 nitrogen and oxygen atoms in total. The molecule has 0 amide bonds. The highest BCUT2D eigenvalue weighted by atomic mass is 19.3. The minimum atomic E-state index is -2.44. The Morgan fingerprint density at radius 3 is 2.19 bits per heavy atom. The SMILES string of the molecule is Cc1nc2ccccc2nc1N1CCC2(CC1)CC2(F)F. The molecule has 4 rings (SSSR count). The number of benzene rings is 1. The molecule has 1 aliphatic carbocycles. The predicted molar refractivity (Wildman–Crippen MR) is 77.7 cm³/mol. The molecular weight excluding hydrogens is 272 g/mol. The Hall–Kier alpha value is -1.78. The van der Waals surface area contributed by atoms with Crippen molar-refractivity contribution in [2.75, 3.05) is 18.0 Å². The van der Waals surface area contributed by atoms with Crippen molar-refractivity contribution in [2.45, 2.75) is 32.1 Å². The van der Waals surface area contributed by atoms with Gasteiger partial charge in [-0.15, -0.1) is 0 Å². The van der Waals surface area contributed by atoms with Gasteiger partial charge in [-0.1, -0.05) is 12.1 Å². The van der Waals surface area contributed by atoms with Crippen molar-refractivity contribution < 1.29 is 8.78 Å². The van der Waals surface area contributed by atoms with Crippen LogP contribution in [0, 0.1) is 12.3 Å². The summed E-state index contributed by atoms with van der Waals surface area (Å²) >= 11 is 0. The molecule has 21 heavy (non-hydrogen) atoms. The average molecular weight is 289 g/mol. The molecule has 0 atom stereocenters. The molecule has 110 valence electrons. The Balaban J connectivity index is 1.61. The number of alkyl halides is 2. The third-order valence-corrected chi connectivity index (χ3v) is 4.95. The largest absolute Gasteiger partial charge is 0.355 e. The molecule has 1 aromatic carbocycles. The lowest BCUT2D eigenvalue weighted by molar-refractivity contribution is 0.0536. The van der Waals surface area contributed by atoms with Gasteiger partial charge >= 0.3 is 0 Å². The normalized spacial score (nSPS) is 22.7. The number of para-hydroxylation sites is 2. The van der Waals surface area contributed by atoms with Crippen LogP contribution >= 0.6 is 0 Å². The molecule has 1 spiro atoms. The van der Waals surface area contributed by atoms with Gasteiger partial charge in [0.25, 0.3) is 5.92 Å². The lowest BCUT2D eigenvalue weighted by Gasteiger charge is -2.33. The summed E-state index contributed by atoms with van der Waals surface area (Å²) in [6.07, 6.45) is 1.16. The van der Waals surface area contributed by atoms with Gasteiger partial charge in [-0.05, 0) is 31.9 Å². The molecule has 1 saturated heterocycles. The van der Waals surface area contributed by atoms with Crippen LogP contribution in [0.4, 0.5) is 14.6 Å².